The maximum Gasteiger partial charge on any atom is 0.473 e. The van der Waals surface area contributed by atoms with Crippen molar-refractivity contribution < 1.29 is 32.7 Å². The summed E-state index contributed by atoms with van der Waals surface area (Å²) in [5.41, 5.74) is 4.35. The molecule has 3 heterocycles. The topological polar surface area (TPSA) is 173 Å². The third kappa shape index (κ3) is 7.10. The molecule has 14 heteroatoms. The van der Waals surface area contributed by atoms with Crippen LogP contribution in [0, 0.1) is 5.41 Å². The number of methoxy groups -OCH3 is 1. The lowest BCUT2D eigenvalue weighted by Gasteiger charge is -2.31. The molecule has 1 aliphatic heterocycles. The van der Waals surface area contributed by atoms with E-state index < -0.39 is 43.5 Å². The minimum Gasteiger partial charge on any atom is -0.382 e. The number of nitrogens with zero attached hydrogens (tertiary/aromatic N) is 3. The number of ether oxygens (including phenoxy) is 3. The van der Waals surface area contributed by atoms with E-state index in [1.165, 1.54) is 18.0 Å². The largest absolute Gasteiger partial charge is 0.473 e. The van der Waals surface area contributed by atoms with Gasteiger partial charge in [-0.05, 0) is 32.6 Å². The lowest BCUT2D eigenvalue weighted by molar-refractivity contribution is -0.0785. The molecular weight excluding hydrogens is 481 g/mol. The summed E-state index contributed by atoms with van der Waals surface area (Å²) >= 11 is 0. The average molecular weight is 518 g/mol. The minimum absolute atomic E-state index is 0.0686. The van der Waals surface area contributed by atoms with Gasteiger partial charge in [0.25, 0.3) is 5.56 Å². The van der Waals surface area contributed by atoms with Crippen LogP contribution < -0.4 is 11.3 Å². The van der Waals surface area contributed by atoms with Gasteiger partial charge in [0.05, 0.1) is 31.2 Å². The Balaban J connectivity index is 2.06. The maximum atomic E-state index is 12.9. The number of anilines is 1. The number of phosphoric ester groups is 1. The molecule has 4 N–H and O–H groups in total. The average Bonchev–Trinajstić information content (AvgIpc) is 3.21. The van der Waals surface area contributed by atoms with E-state index in [1.807, 2.05) is 20.8 Å². The summed E-state index contributed by atoms with van der Waals surface area (Å²) < 4.78 is 43.0. The van der Waals surface area contributed by atoms with Crippen molar-refractivity contribution in [3.05, 3.63) is 16.7 Å². The third-order valence-electron chi connectivity index (χ3n) is 5.07. The maximum absolute atomic E-state index is 12.9. The van der Waals surface area contributed by atoms with Crippen molar-refractivity contribution in [2.75, 3.05) is 26.1 Å². The lowest BCUT2D eigenvalue weighted by atomic mass is 9.87. The second kappa shape index (κ2) is 10.3. The second-order valence-corrected chi connectivity index (χ2v) is 12.0. The quantitative estimate of drug-likeness (QED) is 0.329. The summed E-state index contributed by atoms with van der Waals surface area (Å²) in [6.07, 6.45) is -1.57. The summed E-state index contributed by atoms with van der Waals surface area (Å²) in [6, 6.07) is 0. The molecule has 5 atom stereocenters. The zero-order valence-corrected chi connectivity index (χ0v) is 22.1. The Morgan fingerprint density at radius 3 is 2.51 bits per heavy atom. The number of nitrogens with one attached hydrogen (secondary N) is 1. The molecule has 0 aromatic carbocycles. The highest BCUT2D eigenvalue weighted by Gasteiger charge is 2.52. The predicted octanol–water partition coefficient (Wildman–Crippen LogP) is 2.37. The van der Waals surface area contributed by atoms with Crippen LogP contribution in [0.25, 0.3) is 11.2 Å². The first-order valence-electron chi connectivity index (χ1n) is 11.3. The van der Waals surface area contributed by atoms with Gasteiger partial charge in [0.2, 0.25) is 5.95 Å². The van der Waals surface area contributed by atoms with Crippen molar-refractivity contribution >= 4 is 24.9 Å². The Hall–Kier alpha value is -1.86. The Kier molecular flexibility index (Phi) is 8.12. The molecule has 1 aliphatic rings. The van der Waals surface area contributed by atoms with Crippen molar-refractivity contribution in [2.24, 2.45) is 5.41 Å². The zero-order chi connectivity index (χ0) is 26.2. The van der Waals surface area contributed by atoms with Crippen LogP contribution >= 0.6 is 7.82 Å². The SMILES string of the molecule is COCCOC1[C@@H](OP(=O)(O)OC(C)(C)C)[C@@H](CC(C)(C)C)O[C@H]1n1cnc2c(=O)[nH]c(N)nc21. The van der Waals surface area contributed by atoms with Crippen molar-refractivity contribution in [3.8, 4) is 0 Å². The number of phosphoric acid groups is 1. The lowest BCUT2D eigenvalue weighted by Crippen LogP contribution is -2.38. The monoisotopic (exact) mass is 517 g/mol. The van der Waals surface area contributed by atoms with Crippen LogP contribution in [0.2, 0.25) is 0 Å². The van der Waals surface area contributed by atoms with Crippen molar-refractivity contribution in [2.45, 2.75) is 78.1 Å². The Morgan fingerprint density at radius 1 is 1.23 bits per heavy atom. The molecule has 0 amide bonds. The Morgan fingerprint density at radius 2 is 1.91 bits per heavy atom. The van der Waals surface area contributed by atoms with E-state index in [0.29, 0.717) is 6.42 Å². The van der Waals surface area contributed by atoms with Gasteiger partial charge in [-0.2, -0.15) is 4.98 Å². The van der Waals surface area contributed by atoms with Crippen LogP contribution in [0.15, 0.2) is 11.1 Å². The number of imidazole rings is 1. The minimum atomic E-state index is -4.52. The Labute approximate surface area is 203 Å². The van der Waals surface area contributed by atoms with Crippen LogP contribution in [-0.4, -0.2) is 68.6 Å². The number of hydrogen-bond acceptors (Lipinski definition) is 10. The van der Waals surface area contributed by atoms with Crippen LogP contribution in [0.3, 0.4) is 0 Å². The summed E-state index contributed by atoms with van der Waals surface area (Å²) in [6.45, 7) is 11.4. The molecule has 0 spiro atoms. The van der Waals surface area contributed by atoms with Gasteiger partial charge < -0.3 is 24.8 Å². The van der Waals surface area contributed by atoms with Gasteiger partial charge in [-0.1, -0.05) is 20.8 Å². The first-order valence-corrected chi connectivity index (χ1v) is 12.8. The number of aromatic amines is 1. The highest BCUT2D eigenvalue weighted by molar-refractivity contribution is 7.47. The molecule has 3 rings (SSSR count). The van der Waals surface area contributed by atoms with Gasteiger partial charge >= 0.3 is 7.82 Å². The standard InChI is InChI=1S/C21H36N5O8P/c1-20(2,3)10-12-14(33-35(28,29)34-21(4,5)6)15(31-9-8-30-7)18(32-12)26-11-23-13-16(26)24-19(22)25-17(13)27/h11-12,14-15,18H,8-10H2,1-7H3,(H,28,29)(H3,22,24,25,27)/t12-,14+,15?,18-/m1/s1. The molecule has 2 aromatic heterocycles. The molecule has 0 saturated carbocycles. The summed E-state index contributed by atoms with van der Waals surface area (Å²) in [4.78, 5) is 33.6. The number of rotatable bonds is 9. The number of nitrogens with two attached hydrogens (primary N) is 1. The molecular formula is C21H36N5O8P. The smallest absolute Gasteiger partial charge is 0.382 e. The number of H-pyrrole nitrogens is 1. The number of nitrogen functional groups attached to an aromatic ring is 1. The van der Waals surface area contributed by atoms with E-state index >= 15 is 0 Å². The number of hydrogen-bond donors (Lipinski definition) is 3. The molecule has 198 valence electrons. The van der Waals surface area contributed by atoms with Crippen molar-refractivity contribution in [1.82, 2.24) is 19.5 Å². The molecule has 1 fully saturated rings. The van der Waals surface area contributed by atoms with Crippen LogP contribution in [0.4, 0.5) is 5.95 Å². The summed E-state index contributed by atoms with van der Waals surface area (Å²) in [5, 5.41) is 0. The highest BCUT2D eigenvalue weighted by atomic mass is 31.2. The predicted molar refractivity (Wildman–Crippen MR) is 128 cm³/mol. The van der Waals surface area contributed by atoms with Crippen molar-refractivity contribution in [1.29, 1.82) is 0 Å². The van der Waals surface area contributed by atoms with E-state index in [4.69, 9.17) is 29.0 Å². The first kappa shape index (κ1) is 27.7. The van der Waals surface area contributed by atoms with E-state index in [-0.39, 0.29) is 35.7 Å². The number of aromatic nitrogens is 4. The molecule has 0 radical (unpaired) electrons. The van der Waals surface area contributed by atoms with Crippen LogP contribution in [0.5, 0.6) is 0 Å². The first-order chi connectivity index (χ1) is 16.1. The van der Waals surface area contributed by atoms with E-state index in [9.17, 15) is 14.3 Å². The van der Waals surface area contributed by atoms with Gasteiger partial charge in [-0.3, -0.25) is 23.4 Å². The summed E-state index contributed by atoms with van der Waals surface area (Å²) in [7, 11) is -2.98. The highest BCUT2D eigenvalue weighted by Crippen LogP contribution is 2.52. The molecule has 1 saturated heterocycles. The fourth-order valence-corrected chi connectivity index (χ4v) is 5.22. The molecule has 0 aliphatic carbocycles. The Bertz CT molecular complexity index is 1120. The second-order valence-electron chi connectivity index (χ2n) is 10.7. The van der Waals surface area contributed by atoms with Gasteiger partial charge in [0, 0.05) is 7.11 Å². The van der Waals surface area contributed by atoms with E-state index in [2.05, 4.69) is 15.0 Å². The molecule has 13 nitrogen and oxygen atoms in total. The molecule has 2 aromatic rings. The molecule has 35 heavy (non-hydrogen) atoms. The fourth-order valence-electron chi connectivity index (χ4n) is 3.92. The van der Waals surface area contributed by atoms with Gasteiger partial charge in [0.15, 0.2) is 17.4 Å². The third-order valence-corrected chi connectivity index (χ3v) is 6.35. The normalized spacial score (nSPS) is 25.3. The van der Waals surface area contributed by atoms with Gasteiger partial charge in [0.1, 0.15) is 12.2 Å². The number of fused-ring (bicyclic) bond motifs is 1. The van der Waals surface area contributed by atoms with Gasteiger partial charge in [-0.15, -0.1) is 0 Å². The molecule has 0 bridgehead atoms. The zero-order valence-electron chi connectivity index (χ0n) is 21.2. The van der Waals surface area contributed by atoms with Crippen LogP contribution in [0.1, 0.15) is 54.2 Å². The summed E-state index contributed by atoms with van der Waals surface area (Å²) in [5.74, 6) is -0.0865. The van der Waals surface area contributed by atoms with Crippen molar-refractivity contribution in [3.63, 3.8) is 0 Å². The van der Waals surface area contributed by atoms with Gasteiger partial charge in [-0.25, -0.2) is 9.55 Å². The van der Waals surface area contributed by atoms with E-state index in [1.54, 1.807) is 20.8 Å². The van der Waals surface area contributed by atoms with Crippen LogP contribution in [-0.2, 0) is 27.8 Å². The van der Waals surface area contributed by atoms with E-state index in [0.717, 1.165) is 0 Å². The molecule has 2 unspecified atom stereocenters. The fraction of sp³-hybridized carbons (Fsp3) is 0.762.